The van der Waals surface area contributed by atoms with Crippen molar-refractivity contribution in [3.63, 3.8) is 0 Å². The Morgan fingerprint density at radius 3 is 2.38 bits per heavy atom. The highest BCUT2D eigenvalue weighted by molar-refractivity contribution is 8.19. The lowest BCUT2D eigenvalue weighted by Gasteiger charge is -2.19. The van der Waals surface area contributed by atoms with Crippen LogP contribution in [0.4, 0.5) is 0 Å². The van der Waals surface area contributed by atoms with Gasteiger partial charge in [0.2, 0.25) is 0 Å². The van der Waals surface area contributed by atoms with Crippen LogP contribution in [0, 0.1) is 6.92 Å². The average Bonchev–Trinajstić information content (AvgIpc) is 3.16. The summed E-state index contributed by atoms with van der Waals surface area (Å²) in [5.74, 6) is 1.12. The van der Waals surface area contributed by atoms with Gasteiger partial charge in [-0.3, -0.25) is 9.59 Å². The molecular formula is C20H21NO3S2. The number of nitrogens with one attached hydrogen (secondary N) is 1. The van der Waals surface area contributed by atoms with Crippen LogP contribution in [0.25, 0.3) is 0 Å². The van der Waals surface area contributed by atoms with Gasteiger partial charge in [-0.15, -0.1) is 23.5 Å². The van der Waals surface area contributed by atoms with E-state index in [1.54, 1.807) is 0 Å². The molecule has 0 spiro atoms. The van der Waals surface area contributed by atoms with E-state index in [1.165, 1.54) is 5.56 Å². The van der Waals surface area contributed by atoms with Gasteiger partial charge in [-0.05, 0) is 35.7 Å². The number of rotatable bonds is 6. The molecule has 1 aliphatic rings. The van der Waals surface area contributed by atoms with Gasteiger partial charge in [-0.1, -0.05) is 36.4 Å². The normalized spacial score (nSPS) is 15.6. The molecule has 0 radical (unpaired) electrons. The number of carboxylic acid groups (broad SMARTS) is 1. The summed E-state index contributed by atoms with van der Waals surface area (Å²) >= 11 is 3.85. The van der Waals surface area contributed by atoms with Crippen LogP contribution in [-0.2, 0) is 4.79 Å². The molecule has 2 N–H and O–H groups in total. The predicted molar refractivity (Wildman–Crippen MR) is 108 cm³/mol. The number of carboxylic acids is 1. The molecule has 3 rings (SSSR count). The Labute approximate surface area is 161 Å². The first-order valence-corrected chi connectivity index (χ1v) is 10.6. The molecule has 0 aliphatic carbocycles. The molecule has 4 nitrogen and oxygen atoms in total. The minimum atomic E-state index is -0.941. The molecule has 1 amide bonds. The zero-order chi connectivity index (χ0) is 18.5. The maximum Gasteiger partial charge on any atom is 0.305 e. The molecule has 1 atom stereocenters. The summed E-state index contributed by atoms with van der Waals surface area (Å²) < 4.78 is 0.443. The number of hydrogen-bond acceptors (Lipinski definition) is 4. The van der Waals surface area contributed by atoms with Crippen molar-refractivity contribution in [2.75, 3.05) is 11.5 Å². The van der Waals surface area contributed by atoms with Crippen LogP contribution in [0.15, 0.2) is 48.5 Å². The molecule has 1 fully saturated rings. The van der Waals surface area contributed by atoms with Crippen LogP contribution < -0.4 is 5.32 Å². The Hall–Kier alpha value is -1.92. The van der Waals surface area contributed by atoms with Gasteiger partial charge < -0.3 is 10.4 Å². The van der Waals surface area contributed by atoms with Gasteiger partial charge in [-0.2, -0.15) is 0 Å². The molecule has 1 aliphatic heterocycles. The lowest BCUT2D eigenvalue weighted by atomic mass is 9.98. The Morgan fingerprint density at radius 1 is 1.12 bits per heavy atom. The number of carbonyl (C=O) groups excluding carboxylic acids is 1. The summed E-state index contributed by atoms with van der Waals surface area (Å²) in [6, 6.07) is 14.6. The molecule has 0 aromatic heterocycles. The quantitative estimate of drug-likeness (QED) is 0.768. The van der Waals surface area contributed by atoms with Crippen molar-refractivity contribution < 1.29 is 14.7 Å². The lowest BCUT2D eigenvalue weighted by Crippen LogP contribution is -2.30. The first kappa shape index (κ1) is 18.9. The lowest BCUT2D eigenvalue weighted by molar-refractivity contribution is -0.137. The third-order valence-electron chi connectivity index (χ3n) is 4.31. The Balaban J connectivity index is 1.75. The minimum Gasteiger partial charge on any atom is -0.481 e. The fraction of sp³-hybridized carbons (Fsp3) is 0.300. The van der Waals surface area contributed by atoms with Crippen molar-refractivity contribution in [3.05, 3.63) is 70.8 Å². The van der Waals surface area contributed by atoms with Crippen LogP contribution in [0.3, 0.4) is 0 Å². The van der Waals surface area contributed by atoms with Crippen molar-refractivity contribution in [2.24, 2.45) is 0 Å². The Bertz CT molecular complexity index is 786. The van der Waals surface area contributed by atoms with Crippen LogP contribution >= 0.6 is 23.5 Å². The molecular weight excluding hydrogens is 366 g/mol. The Kier molecular flexibility index (Phi) is 6.27. The highest BCUT2D eigenvalue weighted by Crippen LogP contribution is 2.45. The summed E-state index contributed by atoms with van der Waals surface area (Å²) in [4.78, 5) is 23.9. The second-order valence-corrected chi connectivity index (χ2v) is 8.90. The van der Waals surface area contributed by atoms with Gasteiger partial charge in [-0.25, -0.2) is 0 Å². The third kappa shape index (κ3) is 4.62. The molecule has 2 aromatic rings. The molecule has 1 saturated heterocycles. The van der Waals surface area contributed by atoms with Crippen LogP contribution in [-0.4, -0.2) is 28.5 Å². The third-order valence-corrected chi connectivity index (χ3v) is 7.42. The molecule has 6 heteroatoms. The van der Waals surface area contributed by atoms with Gasteiger partial charge in [0, 0.05) is 17.1 Å². The van der Waals surface area contributed by atoms with Crippen LogP contribution in [0.2, 0.25) is 0 Å². The zero-order valence-electron chi connectivity index (χ0n) is 14.5. The van der Waals surface area contributed by atoms with Gasteiger partial charge >= 0.3 is 5.97 Å². The van der Waals surface area contributed by atoms with E-state index in [-0.39, 0.29) is 12.3 Å². The highest BCUT2D eigenvalue weighted by Gasteiger charge is 2.21. The maximum absolute atomic E-state index is 12.6. The van der Waals surface area contributed by atoms with Gasteiger partial charge in [0.1, 0.15) is 0 Å². The largest absolute Gasteiger partial charge is 0.481 e. The summed E-state index contributed by atoms with van der Waals surface area (Å²) in [6.07, 6.45) is -0.149. The summed E-state index contributed by atoms with van der Waals surface area (Å²) in [5.41, 5.74) is 3.56. The number of thioether (sulfide) groups is 2. The molecule has 26 heavy (non-hydrogen) atoms. The second kappa shape index (κ2) is 8.64. The number of aliphatic carboxylic acids is 1. The van der Waals surface area contributed by atoms with Crippen LogP contribution in [0.5, 0.6) is 0 Å². The van der Waals surface area contributed by atoms with E-state index in [0.29, 0.717) is 10.1 Å². The zero-order valence-corrected chi connectivity index (χ0v) is 16.1. The molecule has 0 saturated carbocycles. The summed E-state index contributed by atoms with van der Waals surface area (Å²) in [6.45, 7) is 1.92. The highest BCUT2D eigenvalue weighted by atomic mass is 32.2. The topological polar surface area (TPSA) is 66.4 Å². The smallest absolute Gasteiger partial charge is 0.305 e. The van der Waals surface area contributed by atoms with Crippen molar-refractivity contribution in [1.29, 1.82) is 0 Å². The Morgan fingerprint density at radius 2 is 1.77 bits per heavy atom. The van der Waals surface area contributed by atoms with E-state index in [9.17, 15) is 14.7 Å². The number of benzene rings is 2. The van der Waals surface area contributed by atoms with E-state index in [2.05, 4.69) is 5.32 Å². The van der Waals surface area contributed by atoms with Gasteiger partial charge in [0.15, 0.2) is 0 Å². The van der Waals surface area contributed by atoms with E-state index in [0.717, 1.165) is 22.6 Å². The summed E-state index contributed by atoms with van der Waals surface area (Å²) in [7, 11) is 0. The number of hydrogen-bond donors (Lipinski definition) is 2. The standard InChI is InChI=1S/C20H21NO3S2/c1-13-4-2-3-5-16(13)17(12-18(22)23)21-19(24)14-6-8-15(9-7-14)20-25-10-11-26-20/h2-9,17,20H,10-12H2,1H3,(H,21,24)(H,22,23). The second-order valence-electron chi connectivity index (χ2n) is 6.18. The molecule has 1 unspecified atom stereocenters. The first-order valence-electron chi connectivity index (χ1n) is 8.46. The number of carbonyl (C=O) groups is 2. The van der Waals surface area contributed by atoms with Crippen molar-refractivity contribution in [3.8, 4) is 0 Å². The maximum atomic E-state index is 12.6. The van der Waals surface area contributed by atoms with Crippen molar-refractivity contribution in [2.45, 2.75) is 24.0 Å². The van der Waals surface area contributed by atoms with E-state index < -0.39 is 12.0 Å². The minimum absolute atomic E-state index is 0.149. The predicted octanol–water partition coefficient (Wildman–Crippen LogP) is 4.42. The fourth-order valence-corrected chi connectivity index (χ4v) is 5.83. The van der Waals surface area contributed by atoms with Crippen molar-refractivity contribution in [1.82, 2.24) is 5.32 Å². The molecule has 1 heterocycles. The SMILES string of the molecule is Cc1ccccc1C(CC(=O)O)NC(=O)c1ccc(C2SCCS2)cc1. The van der Waals surface area contributed by atoms with Crippen molar-refractivity contribution >= 4 is 35.4 Å². The first-order chi connectivity index (χ1) is 12.5. The van der Waals surface area contributed by atoms with E-state index in [1.807, 2.05) is 79.0 Å². The summed E-state index contributed by atoms with van der Waals surface area (Å²) in [5, 5.41) is 12.1. The van der Waals surface area contributed by atoms with E-state index >= 15 is 0 Å². The van der Waals surface area contributed by atoms with Crippen LogP contribution in [0.1, 0.15) is 44.1 Å². The monoisotopic (exact) mass is 387 g/mol. The molecule has 136 valence electrons. The molecule has 0 bridgehead atoms. The van der Waals surface area contributed by atoms with Gasteiger partial charge in [0.25, 0.3) is 5.91 Å². The van der Waals surface area contributed by atoms with E-state index in [4.69, 9.17) is 0 Å². The number of aryl methyl sites for hydroxylation is 1. The molecule has 2 aromatic carbocycles. The fourth-order valence-electron chi connectivity index (χ4n) is 2.98. The average molecular weight is 388 g/mol. The number of amides is 1. The van der Waals surface area contributed by atoms with Gasteiger partial charge in [0.05, 0.1) is 17.0 Å².